The predicted molar refractivity (Wildman–Crippen MR) is 74.7 cm³/mol. The molecule has 0 spiro atoms. The van der Waals surface area contributed by atoms with Crippen LogP contribution in [0.3, 0.4) is 0 Å². The van der Waals surface area contributed by atoms with Crippen LogP contribution in [-0.4, -0.2) is 36.0 Å². The van der Waals surface area contributed by atoms with Crippen LogP contribution in [0.1, 0.15) is 20.3 Å². The van der Waals surface area contributed by atoms with Gasteiger partial charge >= 0.3 is 0 Å². The van der Waals surface area contributed by atoms with Crippen LogP contribution in [-0.2, 0) is 4.79 Å². The fourth-order valence-corrected chi connectivity index (χ4v) is 2.48. The van der Waals surface area contributed by atoms with Gasteiger partial charge in [-0.05, 0) is 33.0 Å². The summed E-state index contributed by atoms with van der Waals surface area (Å²) in [5.74, 6) is 0.00887. The molecule has 1 aliphatic rings. The Labute approximate surface area is 114 Å². The molecule has 0 aromatic heterocycles. The number of carbonyl (C=O) groups excluding carboxylic acids is 1. The van der Waals surface area contributed by atoms with Crippen molar-refractivity contribution in [1.82, 2.24) is 4.90 Å². The molecule has 1 atom stereocenters. The molecule has 0 N–H and O–H groups in total. The van der Waals surface area contributed by atoms with Crippen molar-refractivity contribution in [2.45, 2.75) is 31.8 Å². The van der Waals surface area contributed by atoms with E-state index in [1.807, 2.05) is 42.3 Å². The van der Waals surface area contributed by atoms with E-state index >= 15 is 0 Å². The molecule has 1 unspecified atom stereocenters. The van der Waals surface area contributed by atoms with Gasteiger partial charge in [-0.15, -0.1) is 0 Å². The fourth-order valence-electron chi connectivity index (χ4n) is 2.48. The largest absolute Gasteiger partial charge is 0.309 e. The van der Waals surface area contributed by atoms with E-state index < -0.39 is 0 Å². The lowest BCUT2D eigenvalue weighted by molar-refractivity contribution is -0.128. The topological polar surface area (TPSA) is 47.3 Å². The number of benzene rings is 1. The smallest absolute Gasteiger partial charge is 0.245 e. The number of anilines is 1. The molecule has 0 saturated carbocycles. The van der Waals surface area contributed by atoms with Crippen LogP contribution in [0.25, 0.3) is 0 Å². The highest BCUT2D eigenvalue weighted by molar-refractivity contribution is 5.98. The molecule has 19 heavy (non-hydrogen) atoms. The average molecular weight is 257 g/mol. The first-order chi connectivity index (χ1) is 8.97. The molecular weight excluding hydrogens is 238 g/mol. The number of hydrogen-bond donors (Lipinski definition) is 0. The molecule has 1 heterocycles. The van der Waals surface area contributed by atoms with Gasteiger partial charge in [0.15, 0.2) is 0 Å². The van der Waals surface area contributed by atoms with Gasteiger partial charge in [-0.25, -0.2) is 0 Å². The monoisotopic (exact) mass is 257 g/mol. The molecule has 1 saturated heterocycles. The lowest BCUT2D eigenvalue weighted by Crippen LogP contribution is -2.65. The van der Waals surface area contributed by atoms with E-state index in [0.717, 1.165) is 5.69 Å². The summed E-state index contributed by atoms with van der Waals surface area (Å²) in [6, 6.07) is 11.4. The molecule has 1 aromatic carbocycles. The zero-order chi connectivity index (χ0) is 14.0. The normalized spacial score (nSPS) is 23.2. The summed E-state index contributed by atoms with van der Waals surface area (Å²) in [5, 5.41) is 8.93. The van der Waals surface area contributed by atoms with E-state index in [0.29, 0.717) is 6.54 Å². The average Bonchev–Trinajstić information content (AvgIpc) is 2.40. The Hall–Kier alpha value is -1.86. The van der Waals surface area contributed by atoms with Gasteiger partial charge in [0, 0.05) is 17.8 Å². The Bertz CT molecular complexity index is 504. The van der Waals surface area contributed by atoms with Gasteiger partial charge in [0.25, 0.3) is 0 Å². The van der Waals surface area contributed by atoms with Gasteiger partial charge in [-0.1, -0.05) is 18.2 Å². The number of piperazine rings is 1. The Balaban J connectivity index is 2.36. The molecular formula is C15H19N3O. The van der Waals surface area contributed by atoms with Gasteiger partial charge in [0.2, 0.25) is 5.91 Å². The zero-order valence-corrected chi connectivity index (χ0v) is 11.6. The molecule has 0 bridgehead atoms. The van der Waals surface area contributed by atoms with Crippen LogP contribution < -0.4 is 4.90 Å². The van der Waals surface area contributed by atoms with Crippen molar-refractivity contribution in [3.8, 4) is 6.07 Å². The van der Waals surface area contributed by atoms with Gasteiger partial charge in [0.1, 0.15) is 6.04 Å². The number of nitriles is 1. The van der Waals surface area contributed by atoms with Crippen molar-refractivity contribution in [1.29, 1.82) is 5.26 Å². The number of carbonyl (C=O) groups is 1. The molecule has 1 aliphatic heterocycles. The first kappa shape index (κ1) is 13.6. The van der Waals surface area contributed by atoms with Crippen LogP contribution in [0.5, 0.6) is 0 Å². The van der Waals surface area contributed by atoms with Crippen LogP contribution in [0.4, 0.5) is 5.69 Å². The highest BCUT2D eigenvalue weighted by Crippen LogP contribution is 2.29. The Morgan fingerprint density at radius 3 is 2.58 bits per heavy atom. The van der Waals surface area contributed by atoms with Gasteiger partial charge in [-0.2, -0.15) is 5.26 Å². The highest BCUT2D eigenvalue weighted by Gasteiger charge is 2.43. The second-order valence-electron chi connectivity index (χ2n) is 5.56. The van der Waals surface area contributed by atoms with Crippen LogP contribution in [0, 0.1) is 11.3 Å². The third-order valence-corrected chi connectivity index (χ3v) is 3.87. The summed E-state index contributed by atoms with van der Waals surface area (Å²) in [6.45, 7) is 4.83. The second kappa shape index (κ2) is 5.02. The Kier molecular flexibility index (Phi) is 3.59. The summed E-state index contributed by atoms with van der Waals surface area (Å²) in [5.41, 5.74) is 0.752. The molecule has 2 rings (SSSR count). The maximum absolute atomic E-state index is 12.5. The Morgan fingerprint density at radius 2 is 2.00 bits per heavy atom. The van der Waals surface area contributed by atoms with Gasteiger partial charge in [-0.3, -0.25) is 9.69 Å². The van der Waals surface area contributed by atoms with Gasteiger partial charge in [0.05, 0.1) is 12.5 Å². The lowest BCUT2D eigenvalue weighted by Gasteiger charge is -2.48. The molecule has 4 nitrogen and oxygen atoms in total. The molecule has 1 fully saturated rings. The summed E-state index contributed by atoms with van der Waals surface area (Å²) in [6.07, 6.45) is 0.224. The SMILES string of the molecule is CN1C(CC#N)C(=O)N(c2ccccc2)CC1(C)C. The molecule has 4 heteroatoms. The third kappa shape index (κ3) is 2.47. The summed E-state index contributed by atoms with van der Waals surface area (Å²) in [7, 11) is 1.92. The summed E-state index contributed by atoms with van der Waals surface area (Å²) >= 11 is 0. The molecule has 0 radical (unpaired) electrons. The Morgan fingerprint density at radius 1 is 1.37 bits per heavy atom. The van der Waals surface area contributed by atoms with Crippen LogP contribution in [0.15, 0.2) is 30.3 Å². The van der Waals surface area contributed by atoms with E-state index in [2.05, 4.69) is 19.9 Å². The minimum absolute atomic E-state index is 0.00887. The number of para-hydroxylation sites is 1. The molecule has 1 amide bonds. The first-order valence-electron chi connectivity index (χ1n) is 6.43. The van der Waals surface area contributed by atoms with Crippen molar-refractivity contribution in [2.24, 2.45) is 0 Å². The number of hydrogen-bond acceptors (Lipinski definition) is 3. The highest BCUT2D eigenvalue weighted by atomic mass is 16.2. The van der Waals surface area contributed by atoms with E-state index in [1.165, 1.54) is 0 Å². The quantitative estimate of drug-likeness (QED) is 0.814. The molecule has 100 valence electrons. The number of likely N-dealkylation sites (N-methyl/N-ethyl adjacent to an activating group) is 1. The van der Waals surface area contributed by atoms with Crippen molar-refractivity contribution >= 4 is 11.6 Å². The van der Waals surface area contributed by atoms with Crippen molar-refractivity contribution < 1.29 is 4.79 Å². The van der Waals surface area contributed by atoms with Crippen LogP contribution in [0.2, 0.25) is 0 Å². The standard InChI is InChI=1S/C15H19N3O/c1-15(2)11-18(12-7-5-4-6-8-12)14(19)13(9-10-16)17(15)3/h4-8,13H,9,11H2,1-3H3. The summed E-state index contributed by atoms with van der Waals surface area (Å²) < 4.78 is 0. The van der Waals surface area contributed by atoms with Gasteiger partial charge < -0.3 is 4.90 Å². The van der Waals surface area contributed by atoms with E-state index in [4.69, 9.17) is 5.26 Å². The van der Waals surface area contributed by atoms with E-state index in [9.17, 15) is 4.79 Å². The van der Waals surface area contributed by atoms with E-state index in [-0.39, 0.29) is 23.9 Å². The zero-order valence-electron chi connectivity index (χ0n) is 11.6. The number of rotatable bonds is 2. The minimum atomic E-state index is -0.367. The molecule has 1 aromatic rings. The van der Waals surface area contributed by atoms with Crippen molar-refractivity contribution in [3.05, 3.63) is 30.3 Å². The number of nitrogens with zero attached hydrogens (tertiary/aromatic N) is 3. The van der Waals surface area contributed by atoms with Crippen molar-refractivity contribution in [3.63, 3.8) is 0 Å². The lowest BCUT2D eigenvalue weighted by atomic mass is 9.93. The summed E-state index contributed by atoms with van der Waals surface area (Å²) in [4.78, 5) is 16.4. The maximum atomic E-state index is 12.5. The fraction of sp³-hybridized carbons (Fsp3) is 0.467. The first-order valence-corrected chi connectivity index (χ1v) is 6.43. The third-order valence-electron chi connectivity index (χ3n) is 3.87. The van der Waals surface area contributed by atoms with Crippen molar-refractivity contribution in [2.75, 3.05) is 18.5 Å². The second-order valence-corrected chi connectivity index (χ2v) is 5.56. The predicted octanol–water partition coefficient (Wildman–Crippen LogP) is 2.03. The van der Waals surface area contributed by atoms with E-state index in [1.54, 1.807) is 4.90 Å². The maximum Gasteiger partial charge on any atom is 0.245 e. The molecule has 0 aliphatic carbocycles. The minimum Gasteiger partial charge on any atom is -0.309 e. The van der Waals surface area contributed by atoms with Crippen LogP contribution >= 0.6 is 0 Å². The number of amides is 1.